The Hall–Kier alpha value is -1.20. The first-order valence-electron chi connectivity index (χ1n) is 2.32. The van der Waals surface area contributed by atoms with Crippen LogP contribution in [0.4, 0.5) is 4.79 Å². The molecule has 48 valence electrons. The van der Waals surface area contributed by atoms with E-state index in [1.165, 1.54) is 6.08 Å². The van der Waals surface area contributed by atoms with Gasteiger partial charge in [0.2, 0.25) is 0 Å². The van der Waals surface area contributed by atoms with Gasteiger partial charge in [0.15, 0.2) is 0 Å². The van der Waals surface area contributed by atoms with Gasteiger partial charge in [-0.25, -0.2) is 4.79 Å². The molecule has 1 atom stereocenters. The molecule has 5 nitrogen and oxygen atoms in total. The standard InChI is InChI=1S/C4H5N3O2/c5-3-1-2-7(9)4(8)6-3/h1-2,7H,(H2,5,6,8). The number of quaternary nitrogens is 1. The number of rotatable bonds is 0. The summed E-state index contributed by atoms with van der Waals surface area (Å²) in [6.45, 7) is 0. The molecule has 1 unspecified atom stereocenters. The van der Waals surface area contributed by atoms with Crippen molar-refractivity contribution < 1.29 is 9.86 Å². The smallest absolute Gasteiger partial charge is 0.425 e. The van der Waals surface area contributed by atoms with Gasteiger partial charge in [-0.05, 0) is 0 Å². The molecule has 0 aliphatic carbocycles. The van der Waals surface area contributed by atoms with Crippen molar-refractivity contribution in [2.24, 2.45) is 0 Å². The van der Waals surface area contributed by atoms with E-state index in [4.69, 9.17) is 5.41 Å². The Morgan fingerprint density at radius 1 is 1.78 bits per heavy atom. The fraction of sp³-hybridized carbons (Fsp3) is 0. The Morgan fingerprint density at radius 2 is 2.44 bits per heavy atom. The first kappa shape index (κ1) is 5.93. The summed E-state index contributed by atoms with van der Waals surface area (Å²) in [5, 5.41) is 18.6. The number of hydroxylamine groups is 2. The molecule has 0 aromatic carbocycles. The SMILES string of the molecule is N=C1C=C[NH+]([O-])C(=O)N1. The summed E-state index contributed by atoms with van der Waals surface area (Å²) in [4.78, 5) is 10.4. The van der Waals surface area contributed by atoms with E-state index in [9.17, 15) is 10.0 Å². The number of amides is 2. The van der Waals surface area contributed by atoms with E-state index in [2.05, 4.69) is 0 Å². The molecular weight excluding hydrogens is 122 g/mol. The predicted molar refractivity (Wildman–Crippen MR) is 29.7 cm³/mol. The summed E-state index contributed by atoms with van der Waals surface area (Å²) >= 11 is 0. The van der Waals surface area contributed by atoms with Crippen molar-refractivity contribution in [3.05, 3.63) is 17.5 Å². The van der Waals surface area contributed by atoms with Gasteiger partial charge in [0.25, 0.3) is 0 Å². The highest BCUT2D eigenvalue weighted by Crippen LogP contribution is 1.73. The zero-order valence-corrected chi connectivity index (χ0v) is 4.47. The number of carbonyl (C=O) groups excluding carboxylic acids is 1. The van der Waals surface area contributed by atoms with Crippen LogP contribution in [0.5, 0.6) is 0 Å². The highest BCUT2D eigenvalue weighted by molar-refractivity contribution is 6.01. The van der Waals surface area contributed by atoms with Gasteiger partial charge in [0, 0.05) is 6.08 Å². The second kappa shape index (κ2) is 1.96. The highest BCUT2D eigenvalue weighted by atomic mass is 16.5. The van der Waals surface area contributed by atoms with Crippen LogP contribution in [0.25, 0.3) is 0 Å². The maximum Gasteiger partial charge on any atom is 0.425 e. The largest absolute Gasteiger partial charge is 0.620 e. The lowest BCUT2D eigenvalue weighted by molar-refractivity contribution is -0.697. The maximum absolute atomic E-state index is 10.4. The first-order valence-corrected chi connectivity index (χ1v) is 2.32. The zero-order valence-electron chi connectivity index (χ0n) is 4.47. The van der Waals surface area contributed by atoms with Crippen LogP contribution in [0.2, 0.25) is 0 Å². The average molecular weight is 127 g/mol. The monoisotopic (exact) mass is 127 g/mol. The van der Waals surface area contributed by atoms with E-state index in [0.29, 0.717) is 0 Å². The van der Waals surface area contributed by atoms with Crippen molar-refractivity contribution in [3.63, 3.8) is 0 Å². The lowest BCUT2D eigenvalue weighted by Crippen LogP contribution is -3.08. The molecule has 0 bridgehead atoms. The molecule has 0 spiro atoms. The van der Waals surface area contributed by atoms with Gasteiger partial charge in [-0.2, -0.15) is 0 Å². The van der Waals surface area contributed by atoms with E-state index in [-0.39, 0.29) is 5.84 Å². The predicted octanol–water partition coefficient (Wildman–Crippen LogP) is -1.42. The number of carbonyl (C=O) groups is 1. The topological polar surface area (TPSA) is 80.5 Å². The Balaban J connectivity index is 2.76. The second-order valence-corrected chi connectivity index (χ2v) is 1.57. The molecule has 9 heavy (non-hydrogen) atoms. The lowest BCUT2D eigenvalue weighted by Gasteiger charge is -2.17. The zero-order chi connectivity index (χ0) is 6.85. The van der Waals surface area contributed by atoms with Crippen LogP contribution < -0.4 is 10.4 Å². The third-order valence-electron chi connectivity index (χ3n) is 0.873. The maximum atomic E-state index is 10.4. The normalized spacial score (nSPS) is 26.1. The Labute approximate surface area is 51.0 Å². The van der Waals surface area contributed by atoms with Crippen molar-refractivity contribution in [3.8, 4) is 0 Å². The molecule has 5 heteroatoms. The van der Waals surface area contributed by atoms with Gasteiger partial charge in [0.05, 0.1) is 0 Å². The van der Waals surface area contributed by atoms with Gasteiger partial charge in [-0.1, -0.05) is 0 Å². The summed E-state index contributed by atoms with van der Waals surface area (Å²) in [7, 11) is 0. The van der Waals surface area contributed by atoms with Crippen molar-refractivity contribution in [2.45, 2.75) is 0 Å². The lowest BCUT2D eigenvalue weighted by atomic mass is 10.5. The molecular formula is C4H5N3O2. The summed E-state index contributed by atoms with van der Waals surface area (Å²) < 4.78 is 0. The van der Waals surface area contributed by atoms with Crippen molar-refractivity contribution >= 4 is 11.9 Å². The van der Waals surface area contributed by atoms with Gasteiger partial charge in [0.1, 0.15) is 12.0 Å². The molecule has 1 aliphatic rings. The van der Waals surface area contributed by atoms with Gasteiger partial charge in [-0.3, -0.25) is 15.8 Å². The van der Waals surface area contributed by atoms with Crippen LogP contribution >= 0.6 is 0 Å². The molecule has 0 aromatic rings. The van der Waals surface area contributed by atoms with Crippen LogP contribution in [0.15, 0.2) is 12.3 Å². The number of amidine groups is 1. The molecule has 0 radical (unpaired) electrons. The summed E-state index contributed by atoms with van der Waals surface area (Å²) in [6.07, 6.45) is 2.31. The second-order valence-electron chi connectivity index (χ2n) is 1.57. The van der Waals surface area contributed by atoms with Gasteiger partial charge >= 0.3 is 6.03 Å². The third-order valence-corrected chi connectivity index (χ3v) is 0.873. The van der Waals surface area contributed by atoms with Crippen LogP contribution in [-0.2, 0) is 0 Å². The van der Waals surface area contributed by atoms with Gasteiger partial charge in [-0.15, -0.1) is 0 Å². The number of hydrogen-bond donors (Lipinski definition) is 3. The van der Waals surface area contributed by atoms with Crippen LogP contribution in [0, 0.1) is 10.6 Å². The highest BCUT2D eigenvalue weighted by Gasteiger charge is 2.13. The molecule has 0 fully saturated rings. The van der Waals surface area contributed by atoms with Gasteiger partial charge < -0.3 is 5.21 Å². The van der Waals surface area contributed by atoms with E-state index in [1.807, 2.05) is 5.32 Å². The van der Waals surface area contributed by atoms with E-state index in [0.717, 1.165) is 6.20 Å². The van der Waals surface area contributed by atoms with E-state index < -0.39 is 11.1 Å². The quantitative estimate of drug-likeness (QED) is 0.349. The fourth-order valence-electron chi connectivity index (χ4n) is 0.460. The van der Waals surface area contributed by atoms with Crippen molar-refractivity contribution in [1.82, 2.24) is 5.32 Å². The number of hydrogen-bond acceptors (Lipinski definition) is 3. The van der Waals surface area contributed by atoms with Crippen LogP contribution in [-0.4, -0.2) is 11.9 Å². The summed E-state index contributed by atoms with van der Waals surface area (Å²) in [5.74, 6) is -0.0420. The molecule has 1 heterocycles. The minimum Gasteiger partial charge on any atom is -0.620 e. The van der Waals surface area contributed by atoms with E-state index >= 15 is 0 Å². The Bertz CT molecular complexity index is 186. The van der Waals surface area contributed by atoms with E-state index in [1.54, 1.807) is 0 Å². The molecule has 1 aliphatic heterocycles. The molecule has 0 saturated heterocycles. The number of urea groups is 1. The molecule has 2 amide bonds. The molecule has 0 saturated carbocycles. The van der Waals surface area contributed by atoms with Crippen LogP contribution in [0.1, 0.15) is 0 Å². The van der Waals surface area contributed by atoms with Crippen molar-refractivity contribution in [2.75, 3.05) is 0 Å². The molecule has 3 N–H and O–H groups in total. The summed E-state index contributed by atoms with van der Waals surface area (Å²) in [5.41, 5.74) is 0. The number of nitrogens with one attached hydrogen (secondary N) is 3. The third kappa shape index (κ3) is 1.13. The molecule has 1 rings (SSSR count). The first-order chi connectivity index (χ1) is 4.20. The Kier molecular flexibility index (Phi) is 1.29. The average Bonchev–Trinajstić information content (AvgIpc) is 1.80. The fourth-order valence-corrected chi connectivity index (χ4v) is 0.460. The minimum atomic E-state index is -0.734. The summed E-state index contributed by atoms with van der Waals surface area (Å²) in [6, 6.07) is -0.734. The van der Waals surface area contributed by atoms with Crippen molar-refractivity contribution in [1.29, 1.82) is 5.41 Å². The van der Waals surface area contributed by atoms with Crippen LogP contribution in [0.3, 0.4) is 0 Å². The Morgan fingerprint density at radius 3 is 2.89 bits per heavy atom. The minimum absolute atomic E-state index is 0.0420. The molecule has 0 aromatic heterocycles.